The lowest BCUT2D eigenvalue weighted by molar-refractivity contribution is -0.0219. The molecule has 0 spiro atoms. The SMILES string of the molecule is O=C(O)c1cc(F)ccc1NC(=O)N1CC2CCC(C1)O2. The molecule has 112 valence electrons. The fourth-order valence-electron chi connectivity index (χ4n) is 2.78. The number of carboxylic acids is 1. The van der Waals surface area contributed by atoms with Crippen molar-refractivity contribution < 1.29 is 23.8 Å². The Morgan fingerprint density at radius 2 is 1.95 bits per heavy atom. The number of morpholine rings is 1. The molecule has 2 aliphatic rings. The predicted molar refractivity (Wildman–Crippen MR) is 71.8 cm³/mol. The molecule has 21 heavy (non-hydrogen) atoms. The highest BCUT2D eigenvalue weighted by Gasteiger charge is 2.35. The molecule has 1 aromatic rings. The van der Waals surface area contributed by atoms with Crippen LogP contribution in [0, 0.1) is 5.82 Å². The second-order valence-electron chi connectivity index (χ2n) is 5.29. The molecule has 2 saturated heterocycles. The maximum atomic E-state index is 13.1. The normalized spacial score (nSPS) is 24.0. The molecule has 2 bridgehead atoms. The number of fused-ring (bicyclic) bond motifs is 2. The molecule has 2 N–H and O–H groups in total. The van der Waals surface area contributed by atoms with Crippen molar-refractivity contribution in [3.8, 4) is 0 Å². The number of benzene rings is 1. The predicted octanol–water partition coefficient (Wildman–Crippen LogP) is 1.92. The van der Waals surface area contributed by atoms with E-state index in [4.69, 9.17) is 9.84 Å². The third kappa shape index (κ3) is 2.82. The van der Waals surface area contributed by atoms with Gasteiger partial charge in [0, 0.05) is 13.1 Å². The third-order valence-electron chi connectivity index (χ3n) is 3.78. The molecule has 2 heterocycles. The van der Waals surface area contributed by atoms with E-state index >= 15 is 0 Å². The van der Waals surface area contributed by atoms with Gasteiger partial charge in [-0.2, -0.15) is 0 Å². The Balaban J connectivity index is 1.74. The summed E-state index contributed by atoms with van der Waals surface area (Å²) in [5, 5.41) is 11.6. The van der Waals surface area contributed by atoms with E-state index in [0.29, 0.717) is 13.1 Å². The van der Waals surface area contributed by atoms with E-state index in [9.17, 15) is 14.0 Å². The van der Waals surface area contributed by atoms with E-state index in [0.717, 1.165) is 25.0 Å². The minimum Gasteiger partial charge on any atom is -0.478 e. The monoisotopic (exact) mass is 294 g/mol. The van der Waals surface area contributed by atoms with Crippen LogP contribution in [0.15, 0.2) is 18.2 Å². The number of carboxylic acid groups (broad SMARTS) is 1. The molecule has 2 aliphatic heterocycles. The standard InChI is InChI=1S/C14H15FN2O4/c15-8-1-4-12(11(5-8)13(18)19)16-14(20)17-6-9-2-3-10(7-17)21-9/h1,4-5,9-10H,2-3,6-7H2,(H,16,20)(H,18,19). The van der Waals surface area contributed by atoms with Gasteiger partial charge in [0.05, 0.1) is 23.5 Å². The van der Waals surface area contributed by atoms with Crippen LogP contribution in [0.25, 0.3) is 0 Å². The Kier molecular flexibility index (Phi) is 3.50. The first-order valence-corrected chi connectivity index (χ1v) is 6.77. The summed E-state index contributed by atoms with van der Waals surface area (Å²) in [5.74, 6) is -1.94. The topological polar surface area (TPSA) is 78.9 Å². The first-order valence-electron chi connectivity index (χ1n) is 6.77. The van der Waals surface area contributed by atoms with Crippen LogP contribution in [0.5, 0.6) is 0 Å². The highest BCUT2D eigenvalue weighted by Crippen LogP contribution is 2.27. The minimum absolute atomic E-state index is 0.0571. The number of urea groups is 1. The lowest BCUT2D eigenvalue weighted by Crippen LogP contribution is -2.47. The molecule has 2 fully saturated rings. The number of nitrogens with zero attached hydrogens (tertiary/aromatic N) is 1. The zero-order valence-electron chi connectivity index (χ0n) is 11.2. The number of nitrogens with one attached hydrogen (secondary N) is 1. The Morgan fingerprint density at radius 1 is 1.29 bits per heavy atom. The molecule has 0 aromatic heterocycles. The van der Waals surface area contributed by atoms with Gasteiger partial charge in [-0.05, 0) is 31.0 Å². The number of amides is 2. The first-order chi connectivity index (χ1) is 10.0. The summed E-state index contributed by atoms with van der Waals surface area (Å²) in [5.41, 5.74) is -0.174. The van der Waals surface area contributed by atoms with Crippen molar-refractivity contribution in [2.24, 2.45) is 0 Å². The number of aromatic carboxylic acids is 1. The van der Waals surface area contributed by atoms with E-state index in [1.807, 2.05) is 0 Å². The molecule has 1 aromatic carbocycles. The van der Waals surface area contributed by atoms with Crippen molar-refractivity contribution in [2.45, 2.75) is 25.0 Å². The Labute approximate surface area is 120 Å². The van der Waals surface area contributed by atoms with E-state index < -0.39 is 11.8 Å². The summed E-state index contributed by atoms with van der Waals surface area (Å²) in [6, 6.07) is 2.88. The number of halogens is 1. The largest absolute Gasteiger partial charge is 0.478 e. The van der Waals surface area contributed by atoms with Gasteiger partial charge >= 0.3 is 12.0 Å². The molecule has 6 nitrogen and oxygen atoms in total. The average molecular weight is 294 g/mol. The summed E-state index contributed by atoms with van der Waals surface area (Å²) >= 11 is 0. The van der Waals surface area contributed by atoms with Crippen molar-refractivity contribution >= 4 is 17.7 Å². The Hall–Kier alpha value is -2.15. The number of hydrogen-bond acceptors (Lipinski definition) is 3. The van der Waals surface area contributed by atoms with Crippen LogP contribution in [0.1, 0.15) is 23.2 Å². The van der Waals surface area contributed by atoms with E-state index in [1.54, 1.807) is 4.90 Å². The van der Waals surface area contributed by atoms with Crippen LogP contribution in [0.2, 0.25) is 0 Å². The van der Waals surface area contributed by atoms with E-state index in [2.05, 4.69) is 5.32 Å². The zero-order valence-corrected chi connectivity index (χ0v) is 11.2. The number of likely N-dealkylation sites (tertiary alicyclic amines) is 1. The molecule has 2 amide bonds. The lowest BCUT2D eigenvalue weighted by Gasteiger charge is -2.32. The van der Waals surface area contributed by atoms with Gasteiger partial charge in [-0.15, -0.1) is 0 Å². The zero-order chi connectivity index (χ0) is 15.0. The molecule has 0 radical (unpaired) electrons. The summed E-state index contributed by atoms with van der Waals surface area (Å²) in [6.07, 6.45) is 1.99. The number of carbonyl (C=O) groups is 2. The van der Waals surface area contributed by atoms with Crippen LogP contribution >= 0.6 is 0 Å². The van der Waals surface area contributed by atoms with Gasteiger partial charge in [-0.1, -0.05) is 0 Å². The summed E-state index contributed by atoms with van der Waals surface area (Å²) in [7, 11) is 0. The number of hydrogen-bond donors (Lipinski definition) is 2. The quantitative estimate of drug-likeness (QED) is 0.873. The fourth-order valence-corrected chi connectivity index (χ4v) is 2.78. The second kappa shape index (κ2) is 5.33. The molecule has 2 atom stereocenters. The number of carbonyl (C=O) groups excluding carboxylic acids is 1. The van der Waals surface area contributed by atoms with Gasteiger partial charge < -0.3 is 20.1 Å². The first kappa shape index (κ1) is 13.8. The maximum absolute atomic E-state index is 13.1. The van der Waals surface area contributed by atoms with Crippen molar-refractivity contribution in [3.63, 3.8) is 0 Å². The van der Waals surface area contributed by atoms with Gasteiger partial charge in [0.1, 0.15) is 5.82 Å². The highest BCUT2D eigenvalue weighted by atomic mass is 19.1. The van der Waals surface area contributed by atoms with Gasteiger partial charge in [-0.3, -0.25) is 0 Å². The number of anilines is 1. The Bertz CT molecular complexity index is 580. The molecular formula is C14H15FN2O4. The molecule has 3 rings (SSSR count). The van der Waals surface area contributed by atoms with Gasteiger partial charge in [0.2, 0.25) is 0 Å². The number of rotatable bonds is 2. The van der Waals surface area contributed by atoms with Crippen LogP contribution < -0.4 is 5.32 Å². The molecule has 0 saturated carbocycles. The number of ether oxygens (including phenoxy) is 1. The fraction of sp³-hybridized carbons (Fsp3) is 0.429. The van der Waals surface area contributed by atoms with Crippen molar-refractivity contribution in [1.82, 2.24) is 4.90 Å². The van der Waals surface area contributed by atoms with E-state index in [1.165, 1.54) is 6.07 Å². The molecular weight excluding hydrogens is 279 g/mol. The smallest absolute Gasteiger partial charge is 0.337 e. The third-order valence-corrected chi connectivity index (χ3v) is 3.78. The summed E-state index contributed by atoms with van der Waals surface area (Å²) in [4.78, 5) is 24.9. The van der Waals surface area contributed by atoms with E-state index in [-0.39, 0.29) is 29.5 Å². The van der Waals surface area contributed by atoms with Crippen molar-refractivity contribution in [2.75, 3.05) is 18.4 Å². The minimum atomic E-state index is -1.29. The second-order valence-corrected chi connectivity index (χ2v) is 5.29. The van der Waals surface area contributed by atoms with Gasteiger partial charge in [0.15, 0.2) is 0 Å². The summed E-state index contributed by atoms with van der Waals surface area (Å²) < 4.78 is 18.7. The van der Waals surface area contributed by atoms with Crippen molar-refractivity contribution in [3.05, 3.63) is 29.6 Å². The maximum Gasteiger partial charge on any atom is 0.337 e. The summed E-state index contributed by atoms with van der Waals surface area (Å²) in [6.45, 7) is 0.984. The van der Waals surface area contributed by atoms with Crippen LogP contribution in [-0.4, -0.2) is 47.3 Å². The molecule has 2 unspecified atom stereocenters. The van der Waals surface area contributed by atoms with Gasteiger partial charge in [-0.25, -0.2) is 14.0 Å². The highest BCUT2D eigenvalue weighted by molar-refractivity contribution is 6.00. The van der Waals surface area contributed by atoms with Crippen LogP contribution in [0.4, 0.5) is 14.9 Å². The molecule has 0 aliphatic carbocycles. The van der Waals surface area contributed by atoms with Gasteiger partial charge in [0.25, 0.3) is 0 Å². The average Bonchev–Trinajstić information content (AvgIpc) is 2.79. The van der Waals surface area contributed by atoms with Crippen molar-refractivity contribution in [1.29, 1.82) is 0 Å². The molecule has 7 heteroatoms. The van der Waals surface area contributed by atoms with Crippen LogP contribution in [-0.2, 0) is 4.74 Å². The van der Waals surface area contributed by atoms with Crippen LogP contribution in [0.3, 0.4) is 0 Å². The Morgan fingerprint density at radius 3 is 2.57 bits per heavy atom. The lowest BCUT2D eigenvalue weighted by atomic mass is 10.1.